The van der Waals surface area contributed by atoms with Gasteiger partial charge in [-0.2, -0.15) is 0 Å². The monoisotopic (exact) mass is 309 g/mol. The van der Waals surface area contributed by atoms with Crippen LogP contribution in [0, 0.1) is 0 Å². The summed E-state index contributed by atoms with van der Waals surface area (Å²) in [7, 11) is 0. The molecule has 2 rings (SSSR count). The van der Waals surface area contributed by atoms with Gasteiger partial charge in [0.15, 0.2) is 0 Å². The maximum Gasteiger partial charge on any atom is 0.254 e. The van der Waals surface area contributed by atoms with Crippen LogP contribution in [0.4, 0.5) is 0 Å². The molecule has 0 unspecified atom stereocenters. The molecule has 1 heterocycles. The Bertz CT molecular complexity index is 577. The van der Waals surface area contributed by atoms with Gasteiger partial charge in [-0.05, 0) is 30.5 Å². The zero-order valence-electron chi connectivity index (χ0n) is 13.1. The van der Waals surface area contributed by atoms with Crippen molar-refractivity contribution in [3.63, 3.8) is 0 Å². The number of rotatable bonds is 3. The summed E-state index contributed by atoms with van der Waals surface area (Å²) in [6.45, 7) is 6.36. The van der Waals surface area contributed by atoms with Crippen molar-refractivity contribution in [2.24, 2.45) is 0 Å². The van der Waals surface area contributed by atoms with E-state index in [0.29, 0.717) is 5.56 Å². The van der Waals surface area contributed by atoms with E-state index >= 15 is 0 Å². The summed E-state index contributed by atoms with van der Waals surface area (Å²) in [6.07, 6.45) is 5.68. The van der Waals surface area contributed by atoms with E-state index in [1.807, 2.05) is 10.6 Å². The van der Waals surface area contributed by atoms with Gasteiger partial charge >= 0.3 is 0 Å². The van der Waals surface area contributed by atoms with Crippen LogP contribution < -0.4 is 5.56 Å². The molecule has 4 heteroatoms. The summed E-state index contributed by atoms with van der Waals surface area (Å²) in [4.78, 5) is 24.0. The summed E-state index contributed by atoms with van der Waals surface area (Å²) < 4.78 is 1.94. The van der Waals surface area contributed by atoms with E-state index < -0.39 is 5.24 Å². The Hall–Kier alpha value is -1.09. The number of halogens is 1. The molecule has 1 fully saturated rings. The molecule has 1 saturated carbocycles. The van der Waals surface area contributed by atoms with E-state index in [9.17, 15) is 9.59 Å². The van der Waals surface area contributed by atoms with E-state index in [2.05, 4.69) is 20.8 Å². The maximum absolute atomic E-state index is 12.8. The molecule has 1 aromatic rings. The fourth-order valence-electron chi connectivity index (χ4n) is 3.19. The van der Waals surface area contributed by atoms with Gasteiger partial charge in [-0.25, -0.2) is 0 Å². The SMILES string of the molecule is CC(C)(C)c1ccc(CC(=O)Cl)c(=O)n1C1CCCCC1. The van der Waals surface area contributed by atoms with Crippen LogP contribution in [0.2, 0.25) is 0 Å². The van der Waals surface area contributed by atoms with Crippen LogP contribution in [0.5, 0.6) is 0 Å². The van der Waals surface area contributed by atoms with Crippen LogP contribution in [0.25, 0.3) is 0 Å². The Labute approximate surface area is 131 Å². The van der Waals surface area contributed by atoms with E-state index in [1.54, 1.807) is 6.07 Å². The molecule has 0 amide bonds. The van der Waals surface area contributed by atoms with Crippen molar-refractivity contribution in [1.29, 1.82) is 0 Å². The van der Waals surface area contributed by atoms with Gasteiger partial charge < -0.3 is 4.57 Å². The molecule has 0 bridgehead atoms. The molecule has 0 spiro atoms. The first-order valence-electron chi connectivity index (χ1n) is 7.74. The second-order valence-electron chi connectivity index (χ2n) is 6.99. The lowest BCUT2D eigenvalue weighted by atomic mass is 9.88. The number of carbonyl (C=O) groups is 1. The highest BCUT2D eigenvalue weighted by atomic mass is 35.5. The van der Waals surface area contributed by atoms with Crippen LogP contribution in [-0.2, 0) is 16.6 Å². The van der Waals surface area contributed by atoms with Crippen molar-refractivity contribution < 1.29 is 4.79 Å². The van der Waals surface area contributed by atoms with Crippen LogP contribution in [0.1, 0.15) is 70.2 Å². The molecule has 0 radical (unpaired) electrons. The lowest BCUT2D eigenvalue weighted by Crippen LogP contribution is -2.35. The summed E-state index contributed by atoms with van der Waals surface area (Å²) in [6, 6.07) is 4.01. The summed E-state index contributed by atoms with van der Waals surface area (Å²) in [5.74, 6) is 0. The zero-order valence-corrected chi connectivity index (χ0v) is 13.9. The van der Waals surface area contributed by atoms with Crippen molar-refractivity contribution >= 4 is 16.8 Å². The first-order chi connectivity index (χ1) is 9.80. The third kappa shape index (κ3) is 3.76. The molecule has 116 valence electrons. The number of pyridine rings is 1. The molecule has 3 nitrogen and oxygen atoms in total. The minimum atomic E-state index is -0.481. The van der Waals surface area contributed by atoms with Crippen LogP contribution >= 0.6 is 11.6 Å². The molecule has 0 N–H and O–H groups in total. The predicted octanol–water partition coefficient (Wildman–Crippen LogP) is 3.96. The predicted molar refractivity (Wildman–Crippen MR) is 86.1 cm³/mol. The highest BCUT2D eigenvalue weighted by Gasteiger charge is 2.26. The molecule has 1 aliphatic rings. The van der Waals surface area contributed by atoms with Crippen LogP contribution in [0.15, 0.2) is 16.9 Å². The van der Waals surface area contributed by atoms with Crippen molar-refractivity contribution in [3.05, 3.63) is 33.7 Å². The van der Waals surface area contributed by atoms with Gasteiger partial charge in [-0.3, -0.25) is 9.59 Å². The molecule has 0 atom stereocenters. The van der Waals surface area contributed by atoms with Gasteiger partial charge in [0.1, 0.15) is 0 Å². The minimum Gasteiger partial charge on any atom is -0.309 e. The molecular formula is C17H24ClNO2. The maximum atomic E-state index is 12.8. The van der Waals surface area contributed by atoms with E-state index in [-0.39, 0.29) is 23.4 Å². The average Bonchev–Trinajstić information content (AvgIpc) is 2.40. The first-order valence-corrected chi connectivity index (χ1v) is 8.11. The molecule has 1 aromatic heterocycles. The highest BCUT2D eigenvalue weighted by molar-refractivity contribution is 6.63. The van der Waals surface area contributed by atoms with Gasteiger partial charge in [0.25, 0.3) is 5.56 Å². The molecule has 21 heavy (non-hydrogen) atoms. The molecule has 0 saturated heterocycles. The fraction of sp³-hybridized carbons (Fsp3) is 0.647. The lowest BCUT2D eigenvalue weighted by Gasteiger charge is -2.32. The Morgan fingerprint density at radius 2 is 1.86 bits per heavy atom. The number of hydrogen-bond acceptors (Lipinski definition) is 2. The second-order valence-corrected chi connectivity index (χ2v) is 7.41. The minimum absolute atomic E-state index is 0.0114. The number of hydrogen-bond donors (Lipinski definition) is 0. The van der Waals surface area contributed by atoms with Crippen molar-refractivity contribution in [1.82, 2.24) is 4.57 Å². The van der Waals surface area contributed by atoms with Gasteiger partial charge in [0, 0.05) is 22.7 Å². The highest BCUT2D eigenvalue weighted by Crippen LogP contribution is 2.31. The van der Waals surface area contributed by atoms with Gasteiger partial charge in [0.2, 0.25) is 5.24 Å². The summed E-state index contributed by atoms with van der Waals surface area (Å²) >= 11 is 5.47. The Morgan fingerprint density at radius 3 is 2.38 bits per heavy atom. The molecule has 0 aliphatic heterocycles. The largest absolute Gasteiger partial charge is 0.309 e. The van der Waals surface area contributed by atoms with E-state index in [0.717, 1.165) is 18.5 Å². The topological polar surface area (TPSA) is 39.1 Å². The normalized spacial score (nSPS) is 17.0. The Morgan fingerprint density at radius 1 is 1.24 bits per heavy atom. The zero-order chi connectivity index (χ0) is 15.6. The van der Waals surface area contributed by atoms with Gasteiger partial charge in [-0.1, -0.05) is 46.1 Å². The van der Waals surface area contributed by atoms with Crippen LogP contribution in [-0.4, -0.2) is 9.81 Å². The van der Waals surface area contributed by atoms with Crippen molar-refractivity contribution in [2.75, 3.05) is 0 Å². The van der Waals surface area contributed by atoms with Crippen molar-refractivity contribution in [2.45, 2.75) is 70.8 Å². The van der Waals surface area contributed by atoms with E-state index in [1.165, 1.54) is 19.3 Å². The third-order valence-corrected chi connectivity index (χ3v) is 4.37. The lowest BCUT2D eigenvalue weighted by molar-refractivity contribution is -0.111. The summed E-state index contributed by atoms with van der Waals surface area (Å²) in [5, 5.41) is -0.481. The molecule has 1 aliphatic carbocycles. The van der Waals surface area contributed by atoms with Crippen molar-refractivity contribution in [3.8, 4) is 0 Å². The third-order valence-electron chi connectivity index (χ3n) is 4.23. The summed E-state index contributed by atoms with van der Waals surface area (Å²) in [5.41, 5.74) is 1.42. The quantitative estimate of drug-likeness (QED) is 0.793. The molecule has 0 aromatic carbocycles. The first kappa shape index (κ1) is 16.3. The smallest absolute Gasteiger partial charge is 0.254 e. The fourth-order valence-corrected chi connectivity index (χ4v) is 3.34. The molecular weight excluding hydrogens is 286 g/mol. The number of carbonyl (C=O) groups excluding carboxylic acids is 1. The average molecular weight is 310 g/mol. The van der Waals surface area contributed by atoms with Crippen LogP contribution in [0.3, 0.4) is 0 Å². The van der Waals surface area contributed by atoms with Gasteiger partial charge in [0.05, 0.1) is 6.42 Å². The van der Waals surface area contributed by atoms with Gasteiger partial charge in [-0.15, -0.1) is 0 Å². The Balaban J connectivity index is 2.55. The standard InChI is InChI=1S/C17H24ClNO2/c1-17(2,3)14-10-9-12(11-15(18)20)16(21)19(14)13-7-5-4-6-8-13/h9-10,13H,4-8,11H2,1-3H3. The second kappa shape index (κ2) is 6.35. The number of aromatic nitrogens is 1. The van der Waals surface area contributed by atoms with E-state index in [4.69, 9.17) is 11.6 Å². The Kier molecular flexibility index (Phi) is 4.92. The number of nitrogens with zero attached hydrogens (tertiary/aromatic N) is 1.